The maximum atomic E-state index is 12.1. The second kappa shape index (κ2) is 5.07. The highest BCUT2D eigenvalue weighted by Gasteiger charge is 2.44. The van der Waals surface area contributed by atoms with Gasteiger partial charge in [-0.05, 0) is 45.4 Å². The fourth-order valence-corrected chi connectivity index (χ4v) is 2.32. The average molecular weight is 280 g/mol. The van der Waals surface area contributed by atoms with E-state index in [2.05, 4.69) is 10.5 Å². The minimum Gasteiger partial charge on any atom is -0.461 e. The molecule has 20 heavy (non-hydrogen) atoms. The summed E-state index contributed by atoms with van der Waals surface area (Å²) < 4.78 is 10.7. The molecule has 1 unspecified atom stereocenters. The van der Waals surface area contributed by atoms with Crippen molar-refractivity contribution in [2.45, 2.75) is 69.6 Å². The molecule has 0 spiro atoms. The molecule has 0 radical (unpaired) electrons. The van der Waals surface area contributed by atoms with E-state index in [4.69, 9.17) is 9.47 Å². The van der Waals surface area contributed by atoms with E-state index in [1.165, 1.54) is 0 Å². The molecule has 0 bridgehead atoms. The van der Waals surface area contributed by atoms with Gasteiger partial charge in [-0.2, -0.15) is 5.10 Å². The molecule has 6 heteroatoms. The highest BCUT2D eigenvalue weighted by atomic mass is 16.6. The molecule has 1 aliphatic heterocycles. The van der Waals surface area contributed by atoms with Crippen LogP contribution in [-0.2, 0) is 19.1 Å². The van der Waals surface area contributed by atoms with E-state index in [9.17, 15) is 9.59 Å². The maximum Gasteiger partial charge on any atom is 0.354 e. The van der Waals surface area contributed by atoms with Gasteiger partial charge in [0.05, 0.1) is 0 Å². The first-order chi connectivity index (χ1) is 9.57. The van der Waals surface area contributed by atoms with Crippen molar-refractivity contribution in [3.63, 3.8) is 0 Å². The molecule has 0 amide bonds. The molecule has 0 aromatic rings. The van der Waals surface area contributed by atoms with Crippen molar-refractivity contribution in [1.82, 2.24) is 5.43 Å². The molecular weight excluding hydrogens is 260 g/mol. The zero-order valence-corrected chi connectivity index (χ0v) is 11.7. The van der Waals surface area contributed by atoms with Gasteiger partial charge >= 0.3 is 11.9 Å². The number of nitrogens with one attached hydrogen (secondary N) is 1. The molecule has 110 valence electrons. The fraction of sp³-hybridized carbons (Fsp3) is 0.786. The van der Waals surface area contributed by atoms with Gasteiger partial charge in [0.2, 0.25) is 0 Å². The summed E-state index contributed by atoms with van der Waals surface area (Å²) in [5.74, 6) is -0.750. The number of hydrazone groups is 1. The van der Waals surface area contributed by atoms with Crippen molar-refractivity contribution in [3.05, 3.63) is 0 Å². The number of hydrogen-bond donors (Lipinski definition) is 1. The number of esters is 2. The Balaban J connectivity index is 1.52. The van der Waals surface area contributed by atoms with E-state index in [-0.39, 0.29) is 30.3 Å². The van der Waals surface area contributed by atoms with Crippen LogP contribution in [-0.4, -0.2) is 35.4 Å². The Hall–Kier alpha value is -1.59. The zero-order valence-electron chi connectivity index (χ0n) is 11.7. The monoisotopic (exact) mass is 280 g/mol. The fourth-order valence-electron chi connectivity index (χ4n) is 2.32. The average Bonchev–Trinajstić information content (AvgIpc) is 2.72. The Labute approximate surface area is 117 Å². The Bertz CT molecular complexity index is 454. The Morgan fingerprint density at radius 2 is 1.75 bits per heavy atom. The molecule has 2 aliphatic carbocycles. The summed E-state index contributed by atoms with van der Waals surface area (Å²) in [5, 5.41) is 3.96. The molecule has 2 saturated carbocycles. The van der Waals surface area contributed by atoms with Crippen LogP contribution in [0, 0.1) is 0 Å². The quantitative estimate of drug-likeness (QED) is 0.785. The number of carbonyl (C=O) groups is 2. The van der Waals surface area contributed by atoms with E-state index in [0.29, 0.717) is 0 Å². The van der Waals surface area contributed by atoms with Crippen molar-refractivity contribution in [1.29, 1.82) is 0 Å². The van der Waals surface area contributed by atoms with Gasteiger partial charge in [-0.15, -0.1) is 0 Å². The van der Waals surface area contributed by atoms with Gasteiger partial charge < -0.3 is 9.47 Å². The Morgan fingerprint density at radius 3 is 2.30 bits per heavy atom. The van der Waals surface area contributed by atoms with Crippen molar-refractivity contribution in [2.24, 2.45) is 5.10 Å². The zero-order chi connectivity index (χ0) is 14.2. The standard InChI is InChI=1S/C14H20N2O4/c1-14(13(18)20-10-6-3-7-10)8-11(15-16-14)12(17)19-9-4-2-5-9/h9-10,16H,2-8H2,1H3. The molecular formula is C14H20N2O4. The lowest BCUT2D eigenvalue weighted by atomic mass is 9.94. The molecule has 3 aliphatic rings. The van der Waals surface area contributed by atoms with Crippen LogP contribution in [0.25, 0.3) is 0 Å². The summed E-state index contributed by atoms with van der Waals surface area (Å²) in [4.78, 5) is 24.0. The lowest BCUT2D eigenvalue weighted by molar-refractivity contribution is -0.159. The van der Waals surface area contributed by atoms with Crippen molar-refractivity contribution in [3.8, 4) is 0 Å². The van der Waals surface area contributed by atoms with E-state index in [1.807, 2.05) is 0 Å². The number of rotatable bonds is 4. The first kappa shape index (κ1) is 13.4. The van der Waals surface area contributed by atoms with Gasteiger partial charge in [0, 0.05) is 6.42 Å². The molecule has 6 nitrogen and oxygen atoms in total. The van der Waals surface area contributed by atoms with Crippen molar-refractivity contribution in [2.75, 3.05) is 0 Å². The normalized spacial score (nSPS) is 29.8. The summed E-state index contributed by atoms with van der Waals surface area (Å²) in [6, 6.07) is 0. The predicted octanol–water partition coefficient (Wildman–Crippen LogP) is 1.29. The van der Waals surface area contributed by atoms with Crippen LogP contribution in [0.5, 0.6) is 0 Å². The van der Waals surface area contributed by atoms with E-state index < -0.39 is 11.5 Å². The van der Waals surface area contributed by atoms with Crippen molar-refractivity contribution < 1.29 is 19.1 Å². The summed E-state index contributed by atoms with van der Waals surface area (Å²) >= 11 is 0. The van der Waals surface area contributed by atoms with Crippen LogP contribution in [0.2, 0.25) is 0 Å². The lowest BCUT2D eigenvalue weighted by Gasteiger charge is -2.30. The Morgan fingerprint density at radius 1 is 1.15 bits per heavy atom. The summed E-state index contributed by atoms with van der Waals surface area (Å²) in [6.07, 6.45) is 6.21. The second-order valence-electron chi connectivity index (χ2n) is 6.10. The topological polar surface area (TPSA) is 77.0 Å². The van der Waals surface area contributed by atoms with Crippen LogP contribution in [0.1, 0.15) is 51.9 Å². The molecule has 1 N–H and O–H groups in total. The first-order valence-corrected chi connectivity index (χ1v) is 7.33. The van der Waals surface area contributed by atoms with Gasteiger partial charge in [-0.25, -0.2) is 9.59 Å². The van der Waals surface area contributed by atoms with Gasteiger partial charge in [-0.1, -0.05) is 0 Å². The van der Waals surface area contributed by atoms with E-state index in [0.717, 1.165) is 38.5 Å². The number of hydrogen-bond acceptors (Lipinski definition) is 6. The molecule has 0 aromatic carbocycles. The number of ether oxygens (including phenoxy) is 2. The van der Waals surface area contributed by atoms with Crippen molar-refractivity contribution >= 4 is 17.7 Å². The molecule has 2 fully saturated rings. The molecule has 0 saturated heterocycles. The van der Waals surface area contributed by atoms with Gasteiger partial charge in [0.25, 0.3) is 0 Å². The highest BCUT2D eigenvalue weighted by molar-refractivity contribution is 6.37. The van der Waals surface area contributed by atoms with Gasteiger partial charge in [-0.3, -0.25) is 5.43 Å². The molecule has 1 atom stereocenters. The summed E-state index contributed by atoms with van der Waals surface area (Å²) in [6.45, 7) is 1.71. The minimum atomic E-state index is -0.941. The largest absolute Gasteiger partial charge is 0.461 e. The van der Waals surface area contributed by atoms with Gasteiger partial charge in [0.1, 0.15) is 17.9 Å². The smallest absolute Gasteiger partial charge is 0.354 e. The first-order valence-electron chi connectivity index (χ1n) is 7.33. The van der Waals surface area contributed by atoms with E-state index >= 15 is 0 Å². The molecule has 0 aromatic heterocycles. The second-order valence-corrected chi connectivity index (χ2v) is 6.10. The van der Waals surface area contributed by atoms with Crippen LogP contribution < -0.4 is 5.43 Å². The van der Waals surface area contributed by atoms with E-state index in [1.54, 1.807) is 6.92 Å². The van der Waals surface area contributed by atoms with Crippen LogP contribution >= 0.6 is 0 Å². The van der Waals surface area contributed by atoms with Crippen LogP contribution in [0.15, 0.2) is 5.10 Å². The highest BCUT2D eigenvalue weighted by Crippen LogP contribution is 2.27. The minimum absolute atomic E-state index is 0.0268. The maximum absolute atomic E-state index is 12.1. The third-order valence-electron chi connectivity index (χ3n) is 4.30. The molecule has 3 rings (SSSR count). The summed E-state index contributed by atoms with van der Waals surface area (Å²) in [7, 11) is 0. The summed E-state index contributed by atoms with van der Waals surface area (Å²) in [5.41, 5.74) is 2.08. The third-order valence-corrected chi connectivity index (χ3v) is 4.30. The molecule has 1 heterocycles. The predicted molar refractivity (Wildman–Crippen MR) is 71.1 cm³/mol. The SMILES string of the molecule is CC1(C(=O)OC2CCC2)CC(C(=O)OC2CCC2)=NN1. The number of carbonyl (C=O) groups excluding carboxylic acids is 2. The number of nitrogens with zero attached hydrogens (tertiary/aromatic N) is 1. The van der Waals surface area contributed by atoms with Crippen LogP contribution in [0.4, 0.5) is 0 Å². The van der Waals surface area contributed by atoms with Crippen LogP contribution in [0.3, 0.4) is 0 Å². The third kappa shape index (κ3) is 2.51. The lowest BCUT2D eigenvalue weighted by Crippen LogP contribution is -2.47. The van der Waals surface area contributed by atoms with Gasteiger partial charge in [0.15, 0.2) is 5.54 Å². The Kier molecular flexibility index (Phi) is 3.40.